The predicted octanol–water partition coefficient (Wildman–Crippen LogP) is 4.32. The second-order valence-corrected chi connectivity index (χ2v) is 5.02. The van der Waals surface area contributed by atoms with Crippen LogP contribution in [0.5, 0.6) is 11.5 Å². The summed E-state index contributed by atoms with van der Waals surface area (Å²) in [6.07, 6.45) is 0. The summed E-state index contributed by atoms with van der Waals surface area (Å²) >= 11 is 8.92. The SMILES string of the molecule is N=C(N)c1cc(Cl)ccc1Oc1ccc(F)c(Br)c1. The van der Waals surface area contributed by atoms with Crippen molar-refractivity contribution in [3.63, 3.8) is 0 Å². The summed E-state index contributed by atoms with van der Waals surface area (Å²) in [5.41, 5.74) is 5.85. The quantitative estimate of drug-likeness (QED) is 0.644. The Kier molecular flexibility index (Phi) is 4.07. The summed E-state index contributed by atoms with van der Waals surface area (Å²) in [6.45, 7) is 0. The average Bonchev–Trinajstić information content (AvgIpc) is 2.36. The fourth-order valence-corrected chi connectivity index (χ4v) is 2.00. The first-order valence-corrected chi connectivity index (χ1v) is 6.41. The van der Waals surface area contributed by atoms with E-state index in [1.807, 2.05) is 0 Å². The molecule has 3 N–H and O–H groups in total. The van der Waals surface area contributed by atoms with Crippen molar-refractivity contribution in [1.82, 2.24) is 0 Å². The van der Waals surface area contributed by atoms with Gasteiger partial charge in [0.05, 0.1) is 10.0 Å². The number of nitrogens with two attached hydrogens (primary N) is 1. The van der Waals surface area contributed by atoms with Crippen LogP contribution in [0.3, 0.4) is 0 Å². The number of amidine groups is 1. The van der Waals surface area contributed by atoms with Crippen LogP contribution in [0.2, 0.25) is 5.02 Å². The van der Waals surface area contributed by atoms with Crippen molar-refractivity contribution < 1.29 is 9.13 Å². The minimum absolute atomic E-state index is 0.154. The van der Waals surface area contributed by atoms with Gasteiger partial charge in [0.2, 0.25) is 0 Å². The van der Waals surface area contributed by atoms with E-state index in [9.17, 15) is 4.39 Å². The number of ether oxygens (including phenoxy) is 1. The van der Waals surface area contributed by atoms with Crippen LogP contribution in [-0.2, 0) is 0 Å². The van der Waals surface area contributed by atoms with Gasteiger partial charge in [-0.15, -0.1) is 0 Å². The molecule has 2 aromatic rings. The number of hydrogen-bond donors (Lipinski definition) is 2. The Hall–Kier alpha value is -1.59. The number of rotatable bonds is 3. The molecule has 0 aliphatic rings. The molecule has 0 atom stereocenters. The fraction of sp³-hybridized carbons (Fsp3) is 0. The van der Waals surface area contributed by atoms with E-state index in [-0.39, 0.29) is 11.7 Å². The number of nitrogen functional groups attached to an aromatic ring is 1. The number of nitrogens with one attached hydrogen (secondary N) is 1. The molecular weight excluding hydrogens is 335 g/mol. The Morgan fingerprint density at radius 1 is 1.26 bits per heavy atom. The molecule has 0 spiro atoms. The molecule has 0 aliphatic carbocycles. The second kappa shape index (κ2) is 5.59. The molecule has 0 aliphatic heterocycles. The van der Waals surface area contributed by atoms with E-state index in [0.29, 0.717) is 26.6 Å². The van der Waals surface area contributed by atoms with Crippen molar-refractivity contribution >= 4 is 33.4 Å². The Morgan fingerprint density at radius 3 is 2.63 bits per heavy atom. The van der Waals surface area contributed by atoms with E-state index in [4.69, 9.17) is 27.5 Å². The van der Waals surface area contributed by atoms with Crippen molar-refractivity contribution in [2.45, 2.75) is 0 Å². The van der Waals surface area contributed by atoms with Crippen LogP contribution in [0.15, 0.2) is 40.9 Å². The molecule has 0 fully saturated rings. The first-order chi connectivity index (χ1) is 8.97. The lowest BCUT2D eigenvalue weighted by Crippen LogP contribution is -2.12. The monoisotopic (exact) mass is 342 g/mol. The van der Waals surface area contributed by atoms with Crippen molar-refractivity contribution in [3.8, 4) is 11.5 Å². The van der Waals surface area contributed by atoms with Gasteiger partial charge in [0.1, 0.15) is 23.2 Å². The van der Waals surface area contributed by atoms with Gasteiger partial charge >= 0.3 is 0 Å². The molecule has 19 heavy (non-hydrogen) atoms. The van der Waals surface area contributed by atoms with Gasteiger partial charge in [0.15, 0.2) is 0 Å². The maximum Gasteiger partial charge on any atom is 0.138 e. The van der Waals surface area contributed by atoms with Crippen molar-refractivity contribution in [1.29, 1.82) is 5.41 Å². The molecule has 0 unspecified atom stereocenters. The molecule has 0 heterocycles. The molecule has 0 saturated heterocycles. The van der Waals surface area contributed by atoms with E-state index in [1.165, 1.54) is 24.3 Å². The van der Waals surface area contributed by atoms with Crippen molar-refractivity contribution in [3.05, 3.63) is 57.3 Å². The number of benzene rings is 2. The highest BCUT2D eigenvalue weighted by Crippen LogP contribution is 2.30. The lowest BCUT2D eigenvalue weighted by molar-refractivity contribution is 0.478. The van der Waals surface area contributed by atoms with Gasteiger partial charge in [-0.05, 0) is 52.3 Å². The van der Waals surface area contributed by atoms with Crippen molar-refractivity contribution in [2.24, 2.45) is 5.73 Å². The van der Waals surface area contributed by atoms with Crippen LogP contribution in [0, 0.1) is 11.2 Å². The third kappa shape index (κ3) is 3.24. The van der Waals surface area contributed by atoms with Gasteiger partial charge in [-0.25, -0.2) is 4.39 Å². The summed E-state index contributed by atoms with van der Waals surface area (Å²) in [5.74, 6) is 0.280. The molecule has 0 saturated carbocycles. The summed E-state index contributed by atoms with van der Waals surface area (Å²) in [7, 11) is 0. The normalized spacial score (nSPS) is 10.3. The molecule has 98 valence electrons. The molecule has 2 aromatic carbocycles. The largest absolute Gasteiger partial charge is 0.457 e. The molecule has 0 amide bonds. The minimum atomic E-state index is -0.379. The smallest absolute Gasteiger partial charge is 0.138 e. The first-order valence-electron chi connectivity index (χ1n) is 5.24. The molecule has 3 nitrogen and oxygen atoms in total. The van der Waals surface area contributed by atoms with Crippen molar-refractivity contribution in [2.75, 3.05) is 0 Å². The number of halogens is 3. The van der Waals surface area contributed by atoms with Crippen LogP contribution in [0.1, 0.15) is 5.56 Å². The third-order valence-corrected chi connectivity index (χ3v) is 3.19. The van der Waals surface area contributed by atoms with E-state index < -0.39 is 0 Å². The lowest BCUT2D eigenvalue weighted by atomic mass is 10.2. The minimum Gasteiger partial charge on any atom is -0.457 e. The molecule has 0 bridgehead atoms. The Labute approximate surface area is 122 Å². The summed E-state index contributed by atoms with van der Waals surface area (Å²) in [4.78, 5) is 0. The topological polar surface area (TPSA) is 59.1 Å². The second-order valence-electron chi connectivity index (χ2n) is 3.73. The zero-order valence-electron chi connectivity index (χ0n) is 9.58. The maximum absolute atomic E-state index is 13.1. The summed E-state index contributed by atoms with van der Waals surface area (Å²) in [5, 5.41) is 7.94. The summed E-state index contributed by atoms with van der Waals surface area (Å²) < 4.78 is 19.0. The Balaban J connectivity index is 2.37. The highest BCUT2D eigenvalue weighted by atomic mass is 79.9. The Bertz CT molecular complexity index is 649. The maximum atomic E-state index is 13.1. The number of hydrogen-bond acceptors (Lipinski definition) is 2. The van der Waals surface area contributed by atoms with Gasteiger partial charge in [0, 0.05) is 5.02 Å². The van der Waals surface area contributed by atoms with E-state index in [1.54, 1.807) is 12.1 Å². The predicted molar refractivity (Wildman–Crippen MR) is 76.6 cm³/mol. The molecule has 2 rings (SSSR count). The van der Waals surface area contributed by atoms with E-state index in [0.717, 1.165) is 0 Å². The van der Waals surface area contributed by atoms with Crippen LogP contribution in [-0.4, -0.2) is 5.84 Å². The molecule has 6 heteroatoms. The first kappa shape index (κ1) is 13.8. The lowest BCUT2D eigenvalue weighted by Gasteiger charge is -2.11. The average molecular weight is 344 g/mol. The van der Waals surface area contributed by atoms with Gasteiger partial charge in [0.25, 0.3) is 0 Å². The van der Waals surface area contributed by atoms with Gasteiger partial charge in [-0.3, -0.25) is 5.41 Å². The van der Waals surface area contributed by atoms with Gasteiger partial charge in [-0.1, -0.05) is 11.6 Å². The van der Waals surface area contributed by atoms with Crippen LogP contribution >= 0.6 is 27.5 Å². The standard InChI is InChI=1S/C13H9BrClFN2O/c14-10-6-8(2-3-11(10)16)19-12-4-1-7(15)5-9(12)13(17)18/h1-6H,(H3,17,18). The fourth-order valence-electron chi connectivity index (χ4n) is 1.47. The Morgan fingerprint density at radius 2 is 2.00 bits per heavy atom. The van der Waals surface area contributed by atoms with Crippen LogP contribution in [0.25, 0.3) is 0 Å². The molecule has 0 aromatic heterocycles. The van der Waals surface area contributed by atoms with Crippen LogP contribution < -0.4 is 10.5 Å². The van der Waals surface area contributed by atoms with E-state index in [2.05, 4.69) is 15.9 Å². The zero-order valence-corrected chi connectivity index (χ0v) is 11.9. The highest BCUT2D eigenvalue weighted by molar-refractivity contribution is 9.10. The van der Waals surface area contributed by atoms with Gasteiger partial charge in [-0.2, -0.15) is 0 Å². The molecular formula is C13H9BrClFN2O. The highest BCUT2D eigenvalue weighted by Gasteiger charge is 2.10. The van der Waals surface area contributed by atoms with Gasteiger partial charge < -0.3 is 10.5 Å². The third-order valence-electron chi connectivity index (χ3n) is 2.35. The summed E-state index contributed by atoms with van der Waals surface area (Å²) in [6, 6.07) is 9.03. The zero-order chi connectivity index (χ0) is 14.0. The molecule has 0 radical (unpaired) electrons. The van der Waals surface area contributed by atoms with Crippen LogP contribution in [0.4, 0.5) is 4.39 Å². The van der Waals surface area contributed by atoms with E-state index >= 15 is 0 Å².